The molecule has 0 aromatic carbocycles. The van der Waals surface area contributed by atoms with E-state index in [1.54, 1.807) is 0 Å². The summed E-state index contributed by atoms with van der Waals surface area (Å²) in [4.78, 5) is 14.9. The largest absolute Gasteiger partial charge is 0.478 e. The van der Waals surface area contributed by atoms with Gasteiger partial charge in [-0.15, -0.1) is 0 Å². The van der Waals surface area contributed by atoms with Crippen LogP contribution in [0.25, 0.3) is 0 Å². The topological polar surface area (TPSA) is 71.5 Å². The second kappa shape index (κ2) is 7.96. The van der Waals surface area contributed by atoms with Gasteiger partial charge in [-0.1, -0.05) is 25.4 Å². The third-order valence-electron chi connectivity index (χ3n) is 2.50. The molecule has 0 saturated carbocycles. The van der Waals surface area contributed by atoms with Crippen molar-refractivity contribution in [1.82, 2.24) is 4.98 Å². The van der Waals surface area contributed by atoms with E-state index in [0.717, 1.165) is 13.0 Å². The molecule has 106 valence electrons. The Bertz CT molecular complexity index is 424. The van der Waals surface area contributed by atoms with Crippen molar-refractivity contribution in [2.24, 2.45) is 5.92 Å². The van der Waals surface area contributed by atoms with Crippen LogP contribution in [0, 0.1) is 5.92 Å². The Kier molecular flexibility index (Phi) is 6.59. The van der Waals surface area contributed by atoms with E-state index in [-0.39, 0.29) is 10.6 Å². The van der Waals surface area contributed by atoms with Gasteiger partial charge in [-0.3, -0.25) is 0 Å². The minimum atomic E-state index is -1.07. The zero-order chi connectivity index (χ0) is 14.3. The molecule has 0 amide bonds. The first kappa shape index (κ1) is 15.7. The number of hydrogen-bond acceptors (Lipinski definition) is 4. The number of halogens is 1. The second-order valence-electron chi connectivity index (χ2n) is 4.55. The van der Waals surface area contributed by atoms with E-state index in [1.807, 2.05) is 0 Å². The van der Waals surface area contributed by atoms with Crippen LogP contribution in [-0.4, -0.2) is 35.8 Å². The molecule has 0 radical (unpaired) electrons. The minimum absolute atomic E-state index is 0.0416. The number of carboxylic acids is 1. The van der Waals surface area contributed by atoms with E-state index in [9.17, 15) is 4.79 Å². The molecule has 0 bridgehead atoms. The molecule has 0 spiro atoms. The van der Waals surface area contributed by atoms with Crippen LogP contribution in [0.15, 0.2) is 12.3 Å². The second-order valence-corrected chi connectivity index (χ2v) is 4.93. The molecule has 0 aliphatic carbocycles. The van der Waals surface area contributed by atoms with Crippen LogP contribution in [0.1, 0.15) is 30.6 Å². The van der Waals surface area contributed by atoms with E-state index in [4.69, 9.17) is 21.4 Å². The van der Waals surface area contributed by atoms with Gasteiger partial charge in [0.1, 0.15) is 5.82 Å². The van der Waals surface area contributed by atoms with Crippen LogP contribution in [0.4, 0.5) is 5.82 Å². The number of nitrogens with zero attached hydrogens (tertiary/aromatic N) is 1. The van der Waals surface area contributed by atoms with Gasteiger partial charge in [-0.05, 0) is 18.4 Å². The molecule has 1 rings (SSSR count). The molecule has 6 heteroatoms. The summed E-state index contributed by atoms with van der Waals surface area (Å²) in [6, 6.07) is 1.37. The Morgan fingerprint density at radius 1 is 1.53 bits per heavy atom. The standard InChI is InChI=1S/C13H19ClN2O3/c1-9(2)4-7-19-8-6-16-12-11(14)10(13(17)18)3-5-15-12/h3,5,9H,4,6-8H2,1-2H3,(H,15,16)(H,17,18). The van der Waals surface area contributed by atoms with Crippen LogP contribution in [0.5, 0.6) is 0 Å². The molecule has 0 aliphatic heterocycles. The minimum Gasteiger partial charge on any atom is -0.478 e. The number of nitrogens with one attached hydrogen (secondary N) is 1. The molecule has 1 aromatic heterocycles. The maximum absolute atomic E-state index is 10.9. The Labute approximate surface area is 117 Å². The average molecular weight is 287 g/mol. The van der Waals surface area contributed by atoms with Crippen molar-refractivity contribution < 1.29 is 14.6 Å². The van der Waals surface area contributed by atoms with Crippen molar-refractivity contribution in [3.8, 4) is 0 Å². The highest BCUT2D eigenvalue weighted by Gasteiger charge is 2.12. The molecular formula is C13H19ClN2O3. The smallest absolute Gasteiger partial charge is 0.337 e. The maximum atomic E-state index is 10.9. The number of carboxylic acid groups (broad SMARTS) is 1. The van der Waals surface area contributed by atoms with Crippen LogP contribution in [-0.2, 0) is 4.74 Å². The first-order chi connectivity index (χ1) is 9.02. The molecule has 0 aliphatic rings. The highest BCUT2D eigenvalue weighted by atomic mass is 35.5. The molecule has 1 aromatic rings. The Morgan fingerprint density at radius 2 is 2.26 bits per heavy atom. The molecule has 0 fully saturated rings. The van der Waals surface area contributed by atoms with Crippen molar-refractivity contribution in [2.45, 2.75) is 20.3 Å². The number of rotatable bonds is 8. The zero-order valence-electron chi connectivity index (χ0n) is 11.1. The molecule has 2 N–H and O–H groups in total. The predicted molar refractivity (Wildman–Crippen MR) is 75.0 cm³/mol. The Morgan fingerprint density at radius 3 is 2.89 bits per heavy atom. The van der Waals surface area contributed by atoms with Gasteiger partial charge in [-0.25, -0.2) is 9.78 Å². The van der Waals surface area contributed by atoms with Gasteiger partial charge < -0.3 is 15.2 Å². The van der Waals surface area contributed by atoms with Crippen LogP contribution in [0.2, 0.25) is 5.02 Å². The highest BCUT2D eigenvalue weighted by Crippen LogP contribution is 2.23. The number of hydrogen-bond donors (Lipinski definition) is 2. The summed E-state index contributed by atoms with van der Waals surface area (Å²) in [6.07, 6.45) is 2.44. The van der Waals surface area contributed by atoms with Crippen molar-refractivity contribution in [2.75, 3.05) is 25.1 Å². The summed E-state index contributed by atoms with van der Waals surface area (Å²) < 4.78 is 5.43. The lowest BCUT2D eigenvalue weighted by Gasteiger charge is -2.10. The van der Waals surface area contributed by atoms with E-state index < -0.39 is 5.97 Å². The molecule has 19 heavy (non-hydrogen) atoms. The number of carbonyl (C=O) groups is 1. The lowest BCUT2D eigenvalue weighted by Crippen LogP contribution is -2.13. The first-order valence-electron chi connectivity index (χ1n) is 6.21. The van der Waals surface area contributed by atoms with Crippen LogP contribution >= 0.6 is 11.6 Å². The van der Waals surface area contributed by atoms with E-state index in [0.29, 0.717) is 24.9 Å². The van der Waals surface area contributed by atoms with Crippen molar-refractivity contribution in [3.05, 3.63) is 22.8 Å². The summed E-state index contributed by atoms with van der Waals surface area (Å²) in [5.41, 5.74) is 0.0416. The molecular weight excluding hydrogens is 268 g/mol. The number of ether oxygens (including phenoxy) is 1. The monoisotopic (exact) mass is 286 g/mol. The third kappa shape index (κ3) is 5.44. The number of anilines is 1. The summed E-state index contributed by atoms with van der Waals surface area (Å²) >= 11 is 5.94. The number of aromatic carboxylic acids is 1. The van der Waals surface area contributed by atoms with Crippen molar-refractivity contribution in [3.63, 3.8) is 0 Å². The fourth-order valence-corrected chi connectivity index (χ4v) is 1.65. The summed E-state index contributed by atoms with van der Waals surface area (Å²) in [7, 11) is 0. The van der Waals surface area contributed by atoms with Gasteiger partial charge in [0.25, 0.3) is 0 Å². The summed E-state index contributed by atoms with van der Waals surface area (Å²) in [5, 5.41) is 12.0. The molecule has 1 heterocycles. The first-order valence-corrected chi connectivity index (χ1v) is 6.59. The SMILES string of the molecule is CC(C)CCOCCNc1nccc(C(=O)O)c1Cl. The maximum Gasteiger partial charge on any atom is 0.337 e. The summed E-state index contributed by atoms with van der Waals surface area (Å²) in [6.45, 7) is 6.07. The predicted octanol–water partition coefficient (Wildman–Crippen LogP) is 2.91. The van der Waals surface area contributed by atoms with Gasteiger partial charge in [0.2, 0.25) is 0 Å². The lowest BCUT2D eigenvalue weighted by atomic mass is 10.1. The summed E-state index contributed by atoms with van der Waals surface area (Å²) in [5.74, 6) is -0.0750. The number of pyridine rings is 1. The van der Waals surface area contributed by atoms with Gasteiger partial charge in [-0.2, -0.15) is 0 Å². The van der Waals surface area contributed by atoms with E-state index >= 15 is 0 Å². The quantitative estimate of drug-likeness (QED) is 0.719. The van der Waals surface area contributed by atoms with Crippen LogP contribution < -0.4 is 5.32 Å². The fraction of sp³-hybridized carbons (Fsp3) is 0.538. The Hall–Kier alpha value is -1.33. The molecule has 0 atom stereocenters. The molecule has 0 saturated heterocycles. The van der Waals surface area contributed by atoms with Crippen molar-refractivity contribution in [1.29, 1.82) is 0 Å². The van der Waals surface area contributed by atoms with Gasteiger partial charge in [0.05, 0.1) is 17.2 Å². The lowest BCUT2D eigenvalue weighted by molar-refractivity contribution is 0.0697. The van der Waals surface area contributed by atoms with Gasteiger partial charge in [0, 0.05) is 19.3 Å². The average Bonchev–Trinajstić information content (AvgIpc) is 2.34. The molecule has 0 unspecified atom stereocenters. The van der Waals surface area contributed by atoms with E-state index in [1.165, 1.54) is 12.3 Å². The number of aromatic nitrogens is 1. The van der Waals surface area contributed by atoms with E-state index in [2.05, 4.69) is 24.1 Å². The van der Waals surface area contributed by atoms with Crippen molar-refractivity contribution >= 4 is 23.4 Å². The normalized spacial score (nSPS) is 10.7. The fourth-order valence-electron chi connectivity index (χ4n) is 1.39. The highest BCUT2D eigenvalue weighted by molar-refractivity contribution is 6.35. The van der Waals surface area contributed by atoms with Gasteiger partial charge in [0.15, 0.2) is 0 Å². The van der Waals surface area contributed by atoms with Gasteiger partial charge >= 0.3 is 5.97 Å². The Balaban J connectivity index is 2.37. The van der Waals surface area contributed by atoms with Crippen LogP contribution in [0.3, 0.4) is 0 Å². The zero-order valence-corrected chi connectivity index (χ0v) is 11.9. The molecule has 5 nitrogen and oxygen atoms in total. The third-order valence-corrected chi connectivity index (χ3v) is 2.88.